The normalized spacial score (nSPS) is 18.5. The van der Waals surface area contributed by atoms with Crippen LogP contribution in [0.4, 0.5) is 11.5 Å². The maximum absolute atomic E-state index is 12.3. The molecule has 0 radical (unpaired) electrons. The first-order valence-electron chi connectivity index (χ1n) is 9.71. The van der Waals surface area contributed by atoms with Crippen LogP contribution in [0.3, 0.4) is 0 Å². The average molecular weight is 381 g/mol. The van der Waals surface area contributed by atoms with E-state index >= 15 is 0 Å². The molecule has 1 saturated heterocycles. The number of rotatable bonds is 3. The number of amides is 1. The third-order valence-corrected chi connectivity index (χ3v) is 5.54. The molecule has 0 aliphatic carbocycles. The molecule has 2 aliphatic heterocycles. The molecular formula is C21H27N5O2. The lowest BCUT2D eigenvalue weighted by Crippen LogP contribution is -2.60. The molecule has 3 heterocycles. The van der Waals surface area contributed by atoms with Gasteiger partial charge in [-0.05, 0) is 39.3 Å². The van der Waals surface area contributed by atoms with Crippen molar-refractivity contribution in [1.29, 1.82) is 0 Å². The minimum atomic E-state index is -0.104. The fraction of sp³-hybridized carbons (Fsp3) is 0.476. The Labute approximate surface area is 165 Å². The van der Waals surface area contributed by atoms with Crippen LogP contribution in [-0.4, -0.2) is 54.7 Å². The number of anilines is 2. The second kappa shape index (κ2) is 6.96. The van der Waals surface area contributed by atoms with E-state index in [2.05, 4.69) is 46.1 Å². The lowest BCUT2D eigenvalue weighted by molar-refractivity contribution is 0.0940. The zero-order chi connectivity index (χ0) is 19.9. The molecule has 0 unspecified atom stereocenters. The molecule has 4 rings (SSSR count). The number of fused-ring (bicyclic) bond motifs is 1. The molecule has 1 amide bonds. The molecule has 2 aromatic rings. The lowest BCUT2D eigenvalue weighted by Gasteiger charge is -2.49. The van der Waals surface area contributed by atoms with Gasteiger partial charge in [-0.1, -0.05) is 6.07 Å². The van der Waals surface area contributed by atoms with Crippen LogP contribution in [0.1, 0.15) is 35.7 Å². The van der Waals surface area contributed by atoms with Crippen LogP contribution < -0.4 is 19.9 Å². The Bertz CT molecular complexity index is 912. The number of carbonyl (C=O) groups excluding carboxylic acids is 1. The number of piperazine rings is 1. The lowest BCUT2D eigenvalue weighted by atomic mass is 9.96. The molecule has 28 heavy (non-hydrogen) atoms. The SMILES string of the molecule is COc1cccc(N2CCN(c3nc(C)nc4c3CCNC4=O)CC2(C)C)c1. The quantitative estimate of drug-likeness (QED) is 0.879. The fourth-order valence-electron chi connectivity index (χ4n) is 4.24. The van der Waals surface area contributed by atoms with E-state index in [-0.39, 0.29) is 11.4 Å². The van der Waals surface area contributed by atoms with Gasteiger partial charge in [0.1, 0.15) is 23.1 Å². The van der Waals surface area contributed by atoms with Gasteiger partial charge in [0.25, 0.3) is 5.91 Å². The summed E-state index contributed by atoms with van der Waals surface area (Å²) >= 11 is 0. The molecule has 7 nitrogen and oxygen atoms in total. The molecule has 0 bridgehead atoms. The van der Waals surface area contributed by atoms with Gasteiger partial charge in [0.15, 0.2) is 0 Å². The summed E-state index contributed by atoms with van der Waals surface area (Å²) in [6.45, 7) is 9.49. The summed E-state index contributed by atoms with van der Waals surface area (Å²) in [7, 11) is 1.69. The number of aryl methyl sites for hydroxylation is 1. The predicted molar refractivity (Wildman–Crippen MR) is 109 cm³/mol. The van der Waals surface area contributed by atoms with Crippen LogP contribution in [0.15, 0.2) is 24.3 Å². The Morgan fingerprint density at radius 1 is 1.21 bits per heavy atom. The first-order valence-corrected chi connectivity index (χ1v) is 9.71. The van der Waals surface area contributed by atoms with Crippen LogP contribution >= 0.6 is 0 Å². The molecule has 0 spiro atoms. The van der Waals surface area contributed by atoms with Gasteiger partial charge in [0, 0.05) is 43.5 Å². The van der Waals surface area contributed by atoms with Crippen molar-refractivity contribution < 1.29 is 9.53 Å². The van der Waals surface area contributed by atoms with Gasteiger partial charge >= 0.3 is 0 Å². The van der Waals surface area contributed by atoms with E-state index in [0.29, 0.717) is 18.1 Å². The molecule has 148 valence electrons. The number of hydrogen-bond acceptors (Lipinski definition) is 6. The summed E-state index contributed by atoms with van der Waals surface area (Å²) < 4.78 is 5.40. The van der Waals surface area contributed by atoms with Crippen molar-refractivity contribution in [2.24, 2.45) is 0 Å². The van der Waals surface area contributed by atoms with Crippen molar-refractivity contribution >= 4 is 17.4 Å². The van der Waals surface area contributed by atoms with Gasteiger partial charge in [-0.2, -0.15) is 0 Å². The highest BCUT2D eigenvalue weighted by Crippen LogP contribution is 2.33. The van der Waals surface area contributed by atoms with Crippen LogP contribution in [0.5, 0.6) is 5.75 Å². The Balaban J connectivity index is 1.64. The van der Waals surface area contributed by atoms with E-state index in [9.17, 15) is 4.79 Å². The highest BCUT2D eigenvalue weighted by Gasteiger charge is 2.36. The maximum Gasteiger partial charge on any atom is 0.270 e. The topological polar surface area (TPSA) is 70.6 Å². The summed E-state index contributed by atoms with van der Waals surface area (Å²) in [4.78, 5) is 26.1. The Hall–Kier alpha value is -2.83. The summed E-state index contributed by atoms with van der Waals surface area (Å²) in [5, 5.41) is 2.88. The Morgan fingerprint density at radius 3 is 2.79 bits per heavy atom. The molecule has 1 aromatic carbocycles. The third-order valence-electron chi connectivity index (χ3n) is 5.54. The molecule has 1 fully saturated rings. The summed E-state index contributed by atoms with van der Waals surface area (Å²) in [6, 6.07) is 8.20. The van der Waals surface area contributed by atoms with Crippen LogP contribution in [0.25, 0.3) is 0 Å². The van der Waals surface area contributed by atoms with E-state index in [1.165, 1.54) is 0 Å². The number of benzene rings is 1. The number of aromatic nitrogens is 2. The minimum absolute atomic E-state index is 0.0951. The first-order chi connectivity index (χ1) is 13.4. The van der Waals surface area contributed by atoms with Crippen molar-refractivity contribution in [3.63, 3.8) is 0 Å². The minimum Gasteiger partial charge on any atom is -0.497 e. The van der Waals surface area contributed by atoms with Gasteiger partial charge in [-0.15, -0.1) is 0 Å². The number of hydrogen-bond donors (Lipinski definition) is 1. The van der Waals surface area contributed by atoms with Crippen molar-refractivity contribution in [3.05, 3.63) is 41.3 Å². The van der Waals surface area contributed by atoms with Crippen molar-refractivity contribution in [2.45, 2.75) is 32.7 Å². The molecule has 0 atom stereocenters. The second-order valence-electron chi connectivity index (χ2n) is 8.01. The van der Waals surface area contributed by atoms with Gasteiger partial charge in [0.05, 0.1) is 12.6 Å². The molecule has 2 aliphatic rings. The Morgan fingerprint density at radius 2 is 2.04 bits per heavy atom. The number of ether oxygens (including phenoxy) is 1. The van der Waals surface area contributed by atoms with Gasteiger partial charge in [0.2, 0.25) is 0 Å². The van der Waals surface area contributed by atoms with Crippen LogP contribution in [-0.2, 0) is 6.42 Å². The van der Waals surface area contributed by atoms with E-state index in [1.54, 1.807) is 7.11 Å². The second-order valence-corrected chi connectivity index (χ2v) is 8.01. The number of nitrogens with one attached hydrogen (secondary N) is 1. The molecule has 7 heteroatoms. The highest BCUT2D eigenvalue weighted by molar-refractivity contribution is 5.96. The van der Waals surface area contributed by atoms with Crippen molar-refractivity contribution in [3.8, 4) is 5.75 Å². The van der Waals surface area contributed by atoms with Crippen LogP contribution in [0.2, 0.25) is 0 Å². The average Bonchev–Trinajstić information content (AvgIpc) is 2.67. The smallest absolute Gasteiger partial charge is 0.270 e. The maximum atomic E-state index is 12.3. The summed E-state index contributed by atoms with van der Waals surface area (Å²) in [5.74, 6) is 2.32. The fourth-order valence-corrected chi connectivity index (χ4v) is 4.24. The van der Waals surface area contributed by atoms with E-state index in [4.69, 9.17) is 9.72 Å². The number of carbonyl (C=O) groups is 1. The van der Waals surface area contributed by atoms with Gasteiger partial charge in [-0.3, -0.25) is 4.79 Å². The van der Waals surface area contributed by atoms with E-state index in [0.717, 1.165) is 48.9 Å². The highest BCUT2D eigenvalue weighted by atomic mass is 16.5. The largest absolute Gasteiger partial charge is 0.497 e. The molecule has 1 N–H and O–H groups in total. The summed E-state index contributed by atoms with van der Waals surface area (Å²) in [5.41, 5.74) is 2.55. The third kappa shape index (κ3) is 3.25. The number of nitrogens with zero attached hydrogens (tertiary/aromatic N) is 4. The molecule has 0 saturated carbocycles. The molecule has 1 aromatic heterocycles. The predicted octanol–water partition coefficient (Wildman–Crippen LogP) is 2.18. The summed E-state index contributed by atoms with van der Waals surface area (Å²) in [6.07, 6.45) is 0.771. The molecular weight excluding hydrogens is 354 g/mol. The first kappa shape index (κ1) is 18.5. The van der Waals surface area contributed by atoms with Gasteiger partial charge in [-0.25, -0.2) is 9.97 Å². The Kier molecular flexibility index (Phi) is 4.61. The van der Waals surface area contributed by atoms with E-state index in [1.807, 2.05) is 19.1 Å². The zero-order valence-corrected chi connectivity index (χ0v) is 17.0. The standard InChI is InChI=1S/C21H27N5O2/c1-14-23-18-17(8-9-22-20(18)27)19(24-14)25-10-11-26(21(2,3)13-25)15-6-5-7-16(12-15)28-4/h5-7,12H,8-11,13H2,1-4H3,(H,22,27). The van der Waals surface area contributed by atoms with E-state index < -0.39 is 0 Å². The number of methoxy groups -OCH3 is 1. The van der Waals surface area contributed by atoms with Gasteiger partial charge < -0.3 is 19.9 Å². The van der Waals surface area contributed by atoms with Crippen molar-refractivity contribution in [1.82, 2.24) is 15.3 Å². The van der Waals surface area contributed by atoms with Crippen LogP contribution in [0, 0.1) is 6.92 Å². The zero-order valence-electron chi connectivity index (χ0n) is 17.0. The monoisotopic (exact) mass is 381 g/mol. The van der Waals surface area contributed by atoms with Crippen molar-refractivity contribution in [2.75, 3.05) is 43.1 Å².